The lowest BCUT2D eigenvalue weighted by molar-refractivity contribution is -0.122. The Morgan fingerprint density at radius 2 is 1.83 bits per heavy atom. The molecule has 10 nitrogen and oxygen atoms in total. The van der Waals surface area contributed by atoms with Gasteiger partial charge in [-0.1, -0.05) is 36.7 Å². The highest BCUT2D eigenvalue weighted by molar-refractivity contribution is 6.39. The van der Waals surface area contributed by atoms with Crippen LogP contribution in [0.5, 0.6) is 17.2 Å². The molecule has 1 saturated heterocycles. The number of aryl methyl sites for hydroxylation is 1. The average molecular weight is 578 g/mol. The normalized spacial score (nSPS) is 14.1. The maximum atomic E-state index is 13.3. The summed E-state index contributed by atoms with van der Waals surface area (Å²) in [5, 5.41) is 5.43. The Kier molecular flexibility index (Phi) is 9.26. The van der Waals surface area contributed by atoms with Crippen molar-refractivity contribution in [1.29, 1.82) is 0 Å². The molecule has 2 N–H and O–H groups in total. The fourth-order valence-electron chi connectivity index (χ4n) is 3.90. The van der Waals surface area contributed by atoms with Gasteiger partial charge in [-0.3, -0.25) is 19.7 Å². The zero-order chi connectivity index (χ0) is 29.5. The number of halogens is 1. The maximum absolute atomic E-state index is 13.3. The number of rotatable bonds is 10. The number of benzene rings is 3. The van der Waals surface area contributed by atoms with Crippen molar-refractivity contribution in [3.05, 3.63) is 82.4 Å². The van der Waals surface area contributed by atoms with Crippen LogP contribution < -0.4 is 29.7 Å². The van der Waals surface area contributed by atoms with E-state index in [0.29, 0.717) is 40.1 Å². The summed E-state index contributed by atoms with van der Waals surface area (Å²) in [4.78, 5) is 51.8. The third-order valence-corrected chi connectivity index (χ3v) is 6.37. The van der Waals surface area contributed by atoms with Gasteiger partial charge in [-0.05, 0) is 66.9 Å². The number of hydrogen-bond donors (Lipinski definition) is 2. The fraction of sp³-hybridized carbons (Fsp3) is 0.200. The van der Waals surface area contributed by atoms with E-state index in [0.717, 1.165) is 16.9 Å². The molecule has 1 aliphatic rings. The summed E-state index contributed by atoms with van der Waals surface area (Å²) in [6.45, 7) is 4.00. The zero-order valence-electron chi connectivity index (χ0n) is 22.7. The van der Waals surface area contributed by atoms with Gasteiger partial charge in [-0.15, -0.1) is 0 Å². The number of carbonyl (C=O) groups excluding carboxylic acids is 4. The zero-order valence-corrected chi connectivity index (χ0v) is 23.4. The number of imide groups is 2. The van der Waals surface area contributed by atoms with E-state index < -0.39 is 23.8 Å². The number of nitrogens with one attached hydrogen (secondary N) is 2. The van der Waals surface area contributed by atoms with Crippen LogP contribution in [0.15, 0.2) is 66.2 Å². The predicted octanol–water partition coefficient (Wildman–Crippen LogP) is 5.13. The summed E-state index contributed by atoms with van der Waals surface area (Å²) in [7, 11) is 1.45. The van der Waals surface area contributed by atoms with Crippen molar-refractivity contribution in [2.45, 2.75) is 20.3 Å². The first kappa shape index (κ1) is 29.2. The molecule has 0 radical (unpaired) electrons. The molecule has 212 valence electrons. The number of barbiturate groups is 1. The third-order valence-electron chi connectivity index (χ3n) is 5.96. The third kappa shape index (κ3) is 7.03. The van der Waals surface area contributed by atoms with E-state index in [1.54, 1.807) is 48.5 Å². The minimum atomic E-state index is -0.889. The molecule has 11 heteroatoms. The number of methoxy groups -OCH3 is 1. The van der Waals surface area contributed by atoms with E-state index in [1.165, 1.54) is 25.3 Å². The Morgan fingerprint density at radius 3 is 2.56 bits per heavy atom. The number of anilines is 2. The van der Waals surface area contributed by atoms with Crippen LogP contribution in [0.1, 0.15) is 24.5 Å². The molecule has 3 aromatic carbocycles. The van der Waals surface area contributed by atoms with Gasteiger partial charge in [0.25, 0.3) is 17.7 Å². The Bertz CT molecular complexity index is 1540. The number of amides is 5. The summed E-state index contributed by atoms with van der Waals surface area (Å²) in [5.41, 5.74) is 1.81. The van der Waals surface area contributed by atoms with E-state index in [1.807, 2.05) is 13.8 Å². The van der Waals surface area contributed by atoms with Crippen molar-refractivity contribution in [3.8, 4) is 17.2 Å². The Hall–Kier alpha value is -4.83. The highest BCUT2D eigenvalue weighted by Gasteiger charge is 2.37. The molecule has 1 aliphatic heterocycles. The van der Waals surface area contributed by atoms with Crippen molar-refractivity contribution in [3.63, 3.8) is 0 Å². The molecular weight excluding hydrogens is 550 g/mol. The van der Waals surface area contributed by atoms with Crippen LogP contribution in [0.3, 0.4) is 0 Å². The van der Waals surface area contributed by atoms with Gasteiger partial charge in [-0.2, -0.15) is 0 Å². The highest BCUT2D eigenvalue weighted by atomic mass is 35.5. The average Bonchev–Trinajstić information content (AvgIpc) is 2.95. The van der Waals surface area contributed by atoms with Crippen LogP contribution in [0.25, 0.3) is 6.08 Å². The van der Waals surface area contributed by atoms with Crippen LogP contribution in [-0.4, -0.2) is 44.1 Å². The Balaban J connectivity index is 1.49. The minimum absolute atomic E-state index is 0.199. The van der Waals surface area contributed by atoms with Gasteiger partial charge < -0.3 is 19.5 Å². The topological polar surface area (TPSA) is 123 Å². The first-order valence-electron chi connectivity index (χ1n) is 12.7. The number of hydrogen-bond acceptors (Lipinski definition) is 7. The lowest BCUT2D eigenvalue weighted by Gasteiger charge is -2.27. The van der Waals surface area contributed by atoms with Gasteiger partial charge in [0, 0.05) is 16.8 Å². The van der Waals surface area contributed by atoms with Crippen molar-refractivity contribution in [1.82, 2.24) is 5.32 Å². The molecule has 3 aromatic rings. The number of ether oxygens (including phenoxy) is 3. The monoisotopic (exact) mass is 577 g/mol. The molecule has 5 amide bonds. The first-order chi connectivity index (χ1) is 19.7. The van der Waals surface area contributed by atoms with Gasteiger partial charge in [0.2, 0.25) is 0 Å². The van der Waals surface area contributed by atoms with Crippen LogP contribution in [0, 0.1) is 6.92 Å². The predicted molar refractivity (Wildman–Crippen MR) is 155 cm³/mol. The summed E-state index contributed by atoms with van der Waals surface area (Å²) < 4.78 is 16.6. The van der Waals surface area contributed by atoms with Crippen LogP contribution in [0.2, 0.25) is 5.02 Å². The van der Waals surface area contributed by atoms with E-state index in [-0.39, 0.29) is 17.9 Å². The molecule has 0 spiro atoms. The Morgan fingerprint density at radius 1 is 1.02 bits per heavy atom. The lowest BCUT2D eigenvalue weighted by Crippen LogP contribution is -2.54. The fourth-order valence-corrected chi connectivity index (χ4v) is 4.08. The molecule has 0 aromatic heterocycles. The second-order valence-electron chi connectivity index (χ2n) is 9.01. The molecule has 0 atom stereocenters. The summed E-state index contributed by atoms with van der Waals surface area (Å²) >= 11 is 6.10. The minimum Gasteiger partial charge on any atom is -0.493 e. The van der Waals surface area contributed by atoms with E-state index in [4.69, 9.17) is 25.8 Å². The molecule has 0 aliphatic carbocycles. The number of nitrogens with zero attached hydrogens (tertiary/aromatic N) is 1. The second-order valence-corrected chi connectivity index (χ2v) is 9.42. The Labute approximate surface area is 241 Å². The summed E-state index contributed by atoms with van der Waals surface area (Å²) in [6, 6.07) is 15.4. The largest absolute Gasteiger partial charge is 0.493 e. The van der Waals surface area contributed by atoms with Gasteiger partial charge in [0.05, 0.1) is 19.4 Å². The summed E-state index contributed by atoms with van der Waals surface area (Å²) in [6.07, 6.45) is 2.13. The van der Waals surface area contributed by atoms with E-state index in [9.17, 15) is 19.2 Å². The van der Waals surface area contributed by atoms with Crippen LogP contribution in [0.4, 0.5) is 16.2 Å². The lowest BCUT2D eigenvalue weighted by atomic mass is 10.1. The van der Waals surface area contributed by atoms with Gasteiger partial charge in [-0.25, -0.2) is 9.69 Å². The van der Waals surface area contributed by atoms with E-state index >= 15 is 0 Å². The molecule has 0 saturated carbocycles. The highest BCUT2D eigenvalue weighted by Crippen LogP contribution is 2.33. The van der Waals surface area contributed by atoms with Crippen molar-refractivity contribution in [2.75, 3.05) is 30.5 Å². The summed E-state index contributed by atoms with van der Waals surface area (Å²) in [5.74, 6) is -0.924. The molecular formula is C30H28ClN3O7. The molecule has 4 rings (SSSR count). The van der Waals surface area contributed by atoms with Gasteiger partial charge >= 0.3 is 6.03 Å². The molecule has 0 bridgehead atoms. The quantitative estimate of drug-likeness (QED) is 0.253. The molecule has 1 fully saturated rings. The van der Waals surface area contributed by atoms with Crippen LogP contribution >= 0.6 is 11.6 Å². The van der Waals surface area contributed by atoms with Gasteiger partial charge in [0.1, 0.15) is 11.3 Å². The van der Waals surface area contributed by atoms with Crippen LogP contribution in [-0.2, 0) is 14.4 Å². The molecule has 41 heavy (non-hydrogen) atoms. The second kappa shape index (κ2) is 13.0. The number of carbonyl (C=O) groups is 4. The van der Waals surface area contributed by atoms with Crippen molar-refractivity contribution >= 4 is 52.8 Å². The van der Waals surface area contributed by atoms with Gasteiger partial charge in [0.15, 0.2) is 18.1 Å². The SMILES string of the molecule is CCCOc1ccc(N2C(=O)NC(=O)/C(=C/c3cccc(OCC(=O)Nc4ccc(C)c(Cl)c4)c3)C2=O)cc1OC. The maximum Gasteiger partial charge on any atom is 0.335 e. The van der Waals surface area contributed by atoms with E-state index in [2.05, 4.69) is 10.6 Å². The molecule has 1 heterocycles. The number of urea groups is 1. The smallest absolute Gasteiger partial charge is 0.335 e. The standard InChI is InChI=1S/C30H28ClN3O7/c1-4-12-40-25-11-10-21(16-26(25)39-3)34-29(37)23(28(36)33-30(34)38)14-19-6-5-7-22(13-19)41-17-27(35)32-20-9-8-18(2)24(31)15-20/h5-11,13-16H,4,12,17H2,1-3H3,(H,32,35)(H,33,36,38)/b23-14-. The molecule has 0 unspecified atom stereocenters. The van der Waals surface area contributed by atoms with Crippen molar-refractivity contribution < 1.29 is 33.4 Å². The first-order valence-corrected chi connectivity index (χ1v) is 13.1. The van der Waals surface area contributed by atoms with Crippen molar-refractivity contribution in [2.24, 2.45) is 0 Å².